The highest BCUT2D eigenvalue weighted by molar-refractivity contribution is 9.11. The van der Waals surface area contributed by atoms with Crippen LogP contribution < -0.4 is 0 Å². The van der Waals surface area contributed by atoms with Crippen molar-refractivity contribution in [3.05, 3.63) is 0 Å². The highest BCUT2D eigenvalue weighted by Gasteiger charge is 2.41. The fraction of sp³-hybridized carbons (Fsp3) is 1.00. The molecule has 0 aromatic heterocycles. The first-order valence-electron chi connectivity index (χ1n) is 1.93. The van der Waals surface area contributed by atoms with E-state index in [0.717, 1.165) is 12.8 Å². The van der Waals surface area contributed by atoms with Crippen molar-refractivity contribution >= 4 is 27.0 Å². The van der Waals surface area contributed by atoms with Crippen LogP contribution in [0.1, 0.15) is 12.8 Å². The normalized spacial score (nSPS) is 29.4. The highest BCUT2D eigenvalue weighted by Crippen LogP contribution is 2.46. The van der Waals surface area contributed by atoms with E-state index in [1.165, 1.54) is 0 Å². The molecule has 42 valence electrons. The standard InChI is InChI=1S/C3H5BrO2S/c4-3(1-2-3)7(5)6/h1-2H2,(H,5,6)/p-1. The van der Waals surface area contributed by atoms with Crippen LogP contribution in [0, 0.1) is 0 Å². The summed E-state index contributed by atoms with van der Waals surface area (Å²) >= 11 is 1.14. The SMILES string of the molecule is O=S([O-])C1(Br)CC1. The summed E-state index contributed by atoms with van der Waals surface area (Å²) in [5.41, 5.74) is 0. The lowest BCUT2D eigenvalue weighted by Crippen LogP contribution is -2.04. The lowest BCUT2D eigenvalue weighted by Gasteiger charge is -2.07. The minimum Gasteiger partial charge on any atom is -0.771 e. The Morgan fingerprint density at radius 1 is 1.71 bits per heavy atom. The van der Waals surface area contributed by atoms with Crippen molar-refractivity contribution in [3.8, 4) is 0 Å². The molecule has 1 aliphatic rings. The number of alkyl halides is 1. The molecule has 1 aliphatic carbocycles. The van der Waals surface area contributed by atoms with Gasteiger partial charge in [-0.25, -0.2) is 0 Å². The molecular weight excluding hydrogens is 180 g/mol. The van der Waals surface area contributed by atoms with E-state index >= 15 is 0 Å². The Labute approximate surface area is 52.7 Å². The second-order valence-electron chi connectivity index (χ2n) is 1.62. The van der Waals surface area contributed by atoms with Gasteiger partial charge in [0.25, 0.3) is 0 Å². The van der Waals surface area contributed by atoms with Crippen LogP contribution in [-0.4, -0.2) is 12.4 Å². The fourth-order valence-corrected chi connectivity index (χ4v) is 0.899. The zero-order valence-corrected chi connectivity index (χ0v) is 5.92. The van der Waals surface area contributed by atoms with Gasteiger partial charge in [0.15, 0.2) is 0 Å². The Hall–Kier alpha value is 0.590. The minimum absolute atomic E-state index is 0.521. The number of hydrogen-bond donors (Lipinski definition) is 0. The Bertz CT molecular complexity index is 110. The predicted octanol–water partition coefficient (Wildman–Crippen LogP) is 0.751. The molecule has 7 heavy (non-hydrogen) atoms. The summed E-state index contributed by atoms with van der Waals surface area (Å²) in [5, 5.41) is 0. The Balaban J connectivity index is 2.55. The first-order chi connectivity index (χ1) is 3.15. The molecule has 0 aliphatic heterocycles. The Kier molecular flexibility index (Phi) is 1.25. The summed E-state index contributed by atoms with van der Waals surface area (Å²) in [6.45, 7) is 0. The monoisotopic (exact) mass is 183 g/mol. The fourth-order valence-electron chi connectivity index (χ4n) is 0.265. The number of halogens is 1. The molecule has 1 saturated carbocycles. The molecule has 0 radical (unpaired) electrons. The molecule has 0 spiro atoms. The minimum atomic E-state index is -1.91. The van der Waals surface area contributed by atoms with Crippen molar-refractivity contribution in [1.29, 1.82) is 0 Å². The van der Waals surface area contributed by atoms with Gasteiger partial charge in [-0.2, -0.15) is 0 Å². The zero-order chi connectivity index (χ0) is 5.49. The van der Waals surface area contributed by atoms with Crippen LogP contribution >= 0.6 is 15.9 Å². The quantitative estimate of drug-likeness (QED) is 0.445. The van der Waals surface area contributed by atoms with Crippen LogP contribution in [0.5, 0.6) is 0 Å². The van der Waals surface area contributed by atoms with Crippen LogP contribution in [-0.2, 0) is 11.1 Å². The summed E-state index contributed by atoms with van der Waals surface area (Å²) < 4.78 is 19.6. The lowest BCUT2D eigenvalue weighted by atomic mass is 11.0. The van der Waals surface area contributed by atoms with Gasteiger partial charge in [-0.1, -0.05) is 15.9 Å². The summed E-state index contributed by atoms with van der Waals surface area (Å²) in [7, 11) is 0. The summed E-state index contributed by atoms with van der Waals surface area (Å²) in [4.78, 5) is 0. The third kappa shape index (κ3) is 1.03. The largest absolute Gasteiger partial charge is 0.771 e. The second kappa shape index (κ2) is 1.53. The second-order valence-corrected chi connectivity index (χ2v) is 4.91. The predicted molar refractivity (Wildman–Crippen MR) is 29.8 cm³/mol. The molecule has 0 saturated heterocycles. The average molecular weight is 184 g/mol. The first kappa shape index (κ1) is 5.72. The van der Waals surface area contributed by atoms with Gasteiger partial charge in [0.2, 0.25) is 0 Å². The zero-order valence-electron chi connectivity index (χ0n) is 3.52. The smallest absolute Gasteiger partial charge is 0.0876 e. The van der Waals surface area contributed by atoms with Gasteiger partial charge in [0.1, 0.15) is 0 Å². The Morgan fingerprint density at radius 2 is 2.14 bits per heavy atom. The molecule has 4 heteroatoms. The van der Waals surface area contributed by atoms with E-state index in [0.29, 0.717) is 0 Å². The topological polar surface area (TPSA) is 40.1 Å². The van der Waals surface area contributed by atoms with Gasteiger partial charge in [-0.05, 0) is 23.9 Å². The van der Waals surface area contributed by atoms with E-state index in [-0.39, 0.29) is 0 Å². The number of hydrogen-bond acceptors (Lipinski definition) is 2. The van der Waals surface area contributed by atoms with Crippen LogP contribution in [0.15, 0.2) is 0 Å². The maximum atomic E-state index is 10.0. The van der Waals surface area contributed by atoms with Crippen molar-refractivity contribution in [2.45, 2.75) is 16.5 Å². The van der Waals surface area contributed by atoms with Crippen LogP contribution in [0.2, 0.25) is 0 Å². The third-order valence-corrected chi connectivity index (χ3v) is 3.53. The van der Waals surface area contributed by atoms with E-state index in [9.17, 15) is 8.76 Å². The van der Waals surface area contributed by atoms with E-state index in [1.54, 1.807) is 0 Å². The molecule has 0 heterocycles. The van der Waals surface area contributed by atoms with Gasteiger partial charge in [-0.3, -0.25) is 4.21 Å². The molecule has 1 unspecified atom stereocenters. The first-order valence-corrected chi connectivity index (χ1v) is 3.80. The van der Waals surface area contributed by atoms with Crippen LogP contribution in [0.3, 0.4) is 0 Å². The molecule has 0 aromatic rings. The van der Waals surface area contributed by atoms with E-state index in [2.05, 4.69) is 15.9 Å². The van der Waals surface area contributed by atoms with Gasteiger partial charge < -0.3 is 4.55 Å². The van der Waals surface area contributed by atoms with Gasteiger partial charge >= 0.3 is 0 Å². The van der Waals surface area contributed by atoms with Crippen LogP contribution in [0.4, 0.5) is 0 Å². The molecule has 0 bridgehead atoms. The van der Waals surface area contributed by atoms with Gasteiger partial charge in [0, 0.05) is 0 Å². The van der Waals surface area contributed by atoms with Crippen LogP contribution in [0.25, 0.3) is 0 Å². The Morgan fingerprint density at radius 3 is 2.14 bits per heavy atom. The van der Waals surface area contributed by atoms with Crippen molar-refractivity contribution < 1.29 is 8.76 Å². The van der Waals surface area contributed by atoms with Crippen molar-refractivity contribution in [2.75, 3.05) is 0 Å². The van der Waals surface area contributed by atoms with Crippen molar-refractivity contribution in [3.63, 3.8) is 0 Å². The van der Waals surface area contributed by atoms with E-state index in [1.807, 2.05) is 0 Å². The lowest BCUT2D eigenvalue weighted by molar-refractivity contribution is 0.533. The van der Waals surface area contributed by atoms with Gasteiger partial charge in [0.05, 0.1) is 3.66 Å². The third-order valence-electron chi connectivity index (χ3n) is 0.942. The van der Waals surface area contributed by atoms with E-state index in [4.69, 9.17) is 0 Å². The summed E-state index contributed by atoms with van der Waals surface area (Å²) in [5.74, 6) is 0. The maximum absolute atomic E-state index is 10.0. The average Bonchev–Trinajstić information content (AvgIpc) is 2.21. The van der Waals surface area contributed by atoms with Crippen molar-refractivity contribution in [1.82, 2.24) is 0 Å². The molecule has 1 atom stereocenters. The summed E-state index contributed by atoms with van der Waals surface area (Å²) in [6, 6.07) is 0. The summed E-state index contributed by atoms with van der Waals surface area (Å²) in [6.07, 6.45) is 1.53. The van der Waals surface area contributed by atoms with Crippen molar-refractivity contribution in [2.24, 2.45) is 0 Å². The number of rotatable bonds is 1. The maximum Gasteiger partial charge on any atom is 0.0876 e. The molecule has 0 aromatic carbocycles. The molecule has 1 fully saturated rings. The van der Waals surface area contributed by atoms with Gasteiger partial charge in [-0.15, -0.1) is 0 Å². The molecule has 2 nitrogen and oxygen atoms in total. The molecular formula is C3H4BrO2S-. The van der Waals surface area contributed by atoms with E-state index < -0.39 is 14.7 Å². The highest BCUT2D eigenvalue weighted by atomic mass is 79.9. The molecule has 0 N–H and O–H groups in total. The molecule has 1 rings (SSSR count). The molecule has 0 amide bonds.